The monoisotopic (exact) mass is 233 g/mol. The van der Waals surface area contributed by atoms with E-state index in [0.717, 1.165) is 25.8 Å². The molecule has 1 heterocycles. The van der Waals surface area contributed by atoms with Gasteiger partial charge < -0.3 is 10.1 Å². The first kappa shape index (κ1) is 12.1. The summed E-state index contributed by atoms with van der Waals surface area (Å²) >= 11 is 0. The number of benzene rings is 1. The molecule has 0 amide bonds. The Morgan fingerprint density at radius 1 is 1.41 bits per heavy atom. The standard InChI is InChI=1S/C14H19NO2/c1-17-14(16)13-10-12(7-8-15-13)9-11-5-3-2-4-6-11/h2-6,12-13,15H,7-10H2,1H3. The van der Waals surface area contributed by atoms with Crippen LogP contribution in [0, 0.1) is 5.92 Å². The molecule has 1 fully saturated rings. The van der Waals surface area contributed by atoms with Gasteiger partial charge in [-0.05, 0) is 37.3 Å². The number of hydrogen-bond donors (Lipinski definition) is 1. The molecule has 2 unspecified atom stereocenters. The van der Waals surface area contributed by atoms with Crippen molar-refractivity contribution in [1.82, 2.24) is 5.32 Å². The highest BCUT2D eigenvalue weighted by molar-refractivity contribution is 5.75. The van der Waals surface area contributed by atoms with Crippen LogP contribution in [0.15, 0.2) is 30.3 Å². The maximum atomic E-state index is 11.5. The van der Waals surface area contributed by atoms with Gasteiger partial charge in [0.25, 0.3) is 0 Å². The molecule has 2 rings (SSSR count). The lowest BCUT2D eigenvalue weighted by Gasteiger charge is -2.28. The van der Waals surface area contributed by atoms with Gasteiger partial charge in [-0.1, -0.05) is 30.3 Å². The second-order valence-electron chi connectivity index (χ2n) is 4.61. The van der Waals surface area contributed by atoms with E-state index < -0.39 is 0 Å². The van der Waals surface area contributed by atoms with E-state index in [2.05, 4.69) is 29.6 Å². The average molecular weight is 233 g/mol. The Balaban J connectivity index is 1.92. The Morgan fingerprint density at radius 3 is 2.88 bits per heavy atom. The van der Waals surface area contributed by atoms with E-state index in [-0.39, 0.29) is 12.0 Å². The van der Waals surface area contributed by atoms with Crippen LogP contribution in [-0.2, 0) is 16.0 Å². The van der Waals surface area contributed by atoms with Gasteiger partial charge in [-0.25, -0.2) is 0 Å². The Hall–Kier alpha value is -1.35. The zero-order valence-corrected chi connectivity index (χ0v) is 10.2. The number of carbonyl (C=O) groups is 1. The summed E-state index contributed by atoms with van der Waals surface area (Å²) < 4.78 is 4.79. The van der Waals surface area contributed by atoms with Gasteiger partial charge in [-0.2, -0.15) is 0 Å². The maximum Gasteiger partial charge on any atom is 0.322 e. The van der Waals surface area contributed by atoms with Crippen LogP contribution in [0.5, 0.6) is 0 Å². The number of nitrogens with one attached hydrogen (secondary N) is 1. The van der Waals surface area contributed by atoms with Gasteiger partial charge in [-0.15, -0.1) is 0 Å². The minimum Gasteiger partial charge on any atom is -0.468 e. The highest BCUT2D eigenvalue weighted by Gasteiger charge is 2.27. The van der Waals surface area contributed by atoms with Crippen LogP contribution in [-0.4, -0.2) is 25.7 Å². The van der Waals surface area contributed by atoms with Crippen LogP contribution in [0.3, 0.4) is 0 Å². The summed E-state index contributed by atoms with van der Waals surface area (Å²) in [5, 5.41) is 3.21. The molecule has 0 aliphatic carbocycles. The normalized spacial score (nSPS) is 24.3. The van der Waals surface area contributed by atoms with Gasteiger partial charge >= 0.3 is 5.97 Å². The fourth-order valence-electron chi connectivity index (χ4n) is 2.45. The van der Waals surface area contributed by atoms with Crippen molar-refractivity contribution in [3.8, 4) is 0 Å². The summed E-state index contributed by atoms with van der Waals surface area (Å²) in [7, 11) is 1.45. The summed E-state index contributed by atoms with van der Waals surface area (Å²) in [5.41, 5.74) is 1.35. The molecule has 0 spiro atoms. The third kappa shape index (κ3) is 3.30. The predicted octanol–water partition coefficient (Wildman–Crippen LogP) is 1.77. The van der Waals surface area contributed by atoms with Crippen molar-refractivity contribution in [3.63, 3.8) is 0 Å². The molecule has 2 atom stereocenters. The lowest BCUT2D eigenvalue weighted by molar-refractivity contribution is -0.144. The number of carbonyl (C=O) groups excluding carboxylic acids is 1. The van der Waals surface area contributed by atoms with Crippen LogP contribution in [0.2, 0.25) is 0 Å². The zero-order chi connectivity index (χ0) is 12.1. The topological polar surface area (TPSA) is 38.3 Å². The van der Waals surface area contributed by atoms with Crippen molar-refractivity contribution < 1.29 is 9.53 Å². The Kier molecular flexibility index (Phi) is 4.15. The number of piperidine rings is 1. The molecule has 0 saturated carbocycles. The molecular formula is C14H19NO2. The van der Waals surface area contributed by atoms with E-state index in [9.17, 15) is 4.79 Å². The first-order valence-corrected chi connectivity index (χ1v) is 6.14. The van der Waals surface area contributed by atoms with Gasteiger partial charge in [0.15, 0.2) is 0 Å². The predicted molar refractivity (Wildman–Crippen MR) is 66.7 cm³/mol. The van der Waals surface area contributed by atoms with Crippen LogP contribution < -0.4 is 5.32 Å². The third-order valence-electron chi connectivity index (χ3n) is 3.37. The largest absolute Gasteiger partial charge is 0.468 e. The lowest BCUT2D eigenvalue weighted by Crippen LogP contribution is -2.44. The van der Waals surface area contributed by atoms with Crippen molar-refractivity contribution in [2.75, 3.05) is 13.7 Å². The summed E-state index contributed by atoms with van der Waals surface area (Å²) in [6.07, 6.45) is 3.06. The number of ether oxygens (including phenoxy) is 1. The van der Waals surface area contributed by atoms with Crippen molar-refractivity contribution in [1.29, 1.82) is 0 Å². The van der Waals surface area contributed by atoms with Gasteiger partial charge in [0.2, 0.25) is 0 Å². The van der Waals surface area contributed by atoms with Crippen LogP contribution >= 0.6 is 0 Å². The van der Waals surface area contributed by atoms with E-state index in [1.807, 2.05) is 6.07 Å². The minimum atomic E-state index is -0.136. The second kappa shape index (κ2) is 5.82. The van der Waals surface area contributed by atoms with Crippen molar-refractivity contribution in [2.24, 2.45) is 5.92 Å². The molecule has 3 heteroatoms. The molecule has 1 aliphatic heterocycles. The van der Waals surface area contributed by atoms with Crippen molar-refractivity contribution in [3.05, 3.63) is 35.9 Å². The molecule has 17 heavy (non-hydrogen) atoms. The molecule has 1 N–H and O–H groups in total. The van der Waals surface area contributed by atoms with E-state index in [0.29, 0.717) is 5.92 Å². The average Bonchev–Trinajstić information content (AvgIpc) is 2.39. The molecule has 3 nitrogen and oxygen atoms in total. The fourth-order valence-corrected chi connectivity index (χ4v) is 2.45. The molecule has 1 saturated heterocycles. The first-order valence-electron chi connectivity index (χ1n) is 6.14. The quantitative estimate of drug-likeness (QED) is 0.809. The minimum absolute atomic E-state index is 0.123. The van der Waals surface area contributed by atoms with E-state index in [1.165, 1.54) is 12.7 Å². The summed E-state index contributed by atoms with van der Waals surface area (Å²) in [6.45, 7) is 0.900. The second-order valence-corrected chi connectivity index (χ2v) is 4.61. The molecular weight excluding hydrogens is 214 g/mol. The van der Waals surface area contributed by atoms with Crippen molar-refractivity contribution in [2.45, 2.75) is 25.3 Å². The molecule has 1 aromatic carbocycles. The zero-order valence-electron chi connectivity index (χ0n) is 10.2. The van der Waals surface area contributed by atoms with Crippen LogP contribution in [0.4, 0.5) is 0 Å². The summed E-state index contributed by atoms with van der Waals surface area (Å²) in [6, 6.07) is 10.3. The molecule has 1 aromatic rings. The Morgan fingerprint density at radius 2 is 2.18 bits per heavy atom. The third-order valence-corrected chi connectivity index (χ3v) is 3.37. The smallest absolute Gasteiger partial charge is 0.322 e. The van der Waals surface area contributed by atoms with E-state index in [4.69, 9.17) is 4.74 Å². The lowest BCUT2D eigenvalue weighted by atomic mass is 9.87. The van der Waals surface area contributed by atoms with E-state index >= 15 is 0 Å². The molecule has 92 valence electrons. The molecule has 0 bridgehead atoms. The number of methoxy groups -OCH3 is 1. The number of esters is 1. The summed E-state index contributed by atoms with van der Waals surface area (Å²) in [5.74, 6) is 0.436. The SMILES string of the molecule is COC(=O)C1CC(Cc2ccccc2)CCN1. The summed E-state index contributed by atoms with van der Waals surface area (Å²) in [4.78, 5) is 11.5. The highest BCUT2D eigenvalue weighted by Crippen LogP contribution is 2.21. The first-order chi connectivity index (χ1) is 8.29. The van der Waals surface area contributed by atoms with Crippen molar-refractivity contribution >= 4 is 5.97 Å². The maximum absolute atomic E-state index is 11.5. The van der Waals surface area contributed by atoms with Gasteiger partial charge in [0.1, 0.15) is 6.04 Å². The fraction of sp³-hybridized carbons (Fsp3) is 0.500. The highest BCUT2D eigenvalue weighted by atomic mass is 16.5. The Bertz CT molecular complexity index is 364. The molecule has 0 radical (unpaired) electrons. The van der Waals surface area contributed by atoms with Crippen LogP contribution in [0.1, 0.15) is 18.4 Å². The van der Waals surface area contributed by atoms with Gasteiger partial charge in [-0.3, -0.25) is 4.79 Å². The van der Waals surface area contributed by atoms with Gasteiger partial charge in [0.05, 0.1) is 7.11 Å². The molecule has 0 aromatic heterocycles. The van der Waals surface area contributed by atoms with Gasteiger partial charge in [0, 0.05) is 0 Å². The van der Waals surface area contributed by atoms with E-state index in [1.54, 1.807) is 0 Å². The molecule has 1 aliphatic rings. The Labute approximate surface area is 102 Å². The number of rotatable bonds is 3. The van der Waals surface area contributed by atoms with Crippen LogP contribution in [0.25, 0.3) is 0 Å². The number of hydrogen-bond acceptors (Lipinski definition) is 3.